The Balaban J connectivity index is 1.71. The third-order valence-electron chi connectivity index (χ3n) is 3.44. The van der Waals surface area contributed by atoms with Gasteiger partial charge in [0.2, 0.25) is 0 Å². The molecular weight excluding hydrogens is 337 g/mol. The van der Waals surface area contributed by atoms with E-state index in [0.29, 0.717) is 16.8 Å². The third-order valence-corrected chi connectivity index (χ3v) is 3.88. The fraction of sp³-hybridized carbons (Fsp3) is 0.357. The molecule has 7 heteroatoms. The van der Waals surface area contributed by atoms with Crippen LogP contribution in [0.25, 0.3) is 0 Å². The zero-order valence-electron chi connectivity index (χ0n) is 11.3. The molecule has 5 nitrogen and oxygen atoms in total. The Labute approximate surface area is 130 Å². The molecule has 1 unspecified atom stereocenters. The van der Waals surface area contributed by atoms with E-state index in [4.69, 9.17) is 0 Å². The van der Waals surface area contributed by atoms with Crippen LogP contribution in [-0.2, 0) is 0 Å². The van der Waals surface area contributed by atoms with Crippen LogP contribution in [0.5, 0.6) is 0 Å². The van der Waals surface area contributed by atoms with Crippen molar-refractivity contribution in [3.8, 4) is 0 Å². The summed E-state index contributed by atoms with van der Waals surface area (Å²) in [5, 5.41) is 3.36. The predicted octanol–water partition coefficient (Wildman–Crippen LogP) is 2.85. The Morgan fingerprint density at radius 1 is 1.38 bits per heavy atom. The second kappa shape index (κ2) is 6.34. The van der Waals surface area contributed by atoms with Crippen LogP contribution in [0.2, 0.25) is 0 Å². The lowest BCUT2D eigenvalue weighted by Crippen LogP contribution is -2.43. The highest BCUT2D eigenvalue weighted by atomic mass is 79.9. The van der Waals surface area contributed by atoms with E-state index in [9.17, 15) is 4.39 Å². The van der Waals surface area contributed by atoms with Crippen molar-refractivity contribution in [2.75, 3.05) is 23.3 Å². The molecule has 0 radical (unpaired) electrons. The smallest absolute Gasteiger partial charge is 0.166 e. The number of rotatable bonds is 3. The molecular formula is C14H15BrFN5. The molecule has 3 heterocycles. The fourth-order valence-electron chi connectivity index (χ4n) is 2.51. The molecule has 0 amide bonds. The van der Waals surface area contributed by atoms with E-state index in [0.717, 1.165) is 25.2 Å². The average Bonchev–Trinajstić information content (AvgIpc) is 2.48. The minimum absolute atomic E-state index is 0.221. The highest BCUT2D eigenvalue weighted by Crippen LogP contribution is 2.24. The zero-order chi connectivity index (χ0) is 14.7. The van der Waals surface area contributed by atoms with Crippen molar-refractivity contribution < 1.29 is 4.39 Å². The van der Waals surface area contributed by atoms with Crippen molar-refractivity contribution in [1.82, 2.24) is 15.0 Å². The van der Waals surface area contributed by atoms with Gasteiger partial charge in [0.1, 0.15) is 12.1 Å². The molecule has 0 aliphatic carbocycles. The van der Waals surface area contributed by atoms with Crippen LogP contribution in [0, 0.1) is 5.82 Å². The van der Waals surface area contributed by atoms with E-state index in [1.807, 2.05) is 11.0 Å². The topological polar surface area (TPSA) is 53.9 Å². The Kier molecular flexibility index (Phi) is 4.28. The molecule has 1 saturated heterocycles. The molecule has 1 aliphatic heterocycles. The van der Waals surface area contributed by atoms with Gasteiger partial charge in [-0.15, -0.1) is 0 Å². The monoisotopic (exact) mass is 351 g/mol. The zero-order valence-corrected chi connectivity index (χ0v) is 12.9. The van der Waals surface area contributed by atoms with Gasteiger partial charge < -0.3 is 10.2 Å². The van der Waals surface area contributed by atoms with Crippen molar-refractivity contribution in [3.63, 3.8) is 0 Å². The number of anilines is 2. The molecule has 2 aromatic heterocycles. The summed E-state index contributed by atoms with van der Waals surface area (Å²) in [6.07, 6.45) is 6.85. The van der Waals surface area contributed by atoms with Crippen LogP contribution in [0.1, 0.15) is 12.8 Å². The molecule has 3 rings (SSSR count). The number of piperidine rings is 1. The first-order chi connectivity index (χ1) is 10.2. The molecule has 2 aromatic rings. The number of halogens is 2. The van der Waals surface area contributed by atoms with E-state index < -0.39 is 0 Å². The summed E-state index contributed by atoms with van der Waals surface area (Å²) in [7, 11) is 0. The Hall–Kier alpha value is -1.76. The molecule has 1 fully saturated rings. The predicted molar refractivity (Wildman–Crippen MR) is 82.8 cm³/mol. The highest BCUT2D eigenvalue weighted by molar-refractivity contribution is 9.10. The Morgan fingerprint density at radius 2 is 2.29 bits per heavy atom. The van der Waals surface area contributed by atoms with Gasteiger partial charge in [-0.3, -0.25) is 0 Å². The van der Waals surface area contributed by atoms with Crippen LogP contribution in [0.4, 0.5) is 16.0 Å². The van der Waals surface area contributed by atoms with Gasteiger partial charge in [-0.2, -0.15) is 0 Å². The van der Waals surface area contributed by atoms with Crippen molar-refractivity contribution in [1.29, 1.82) is 0 Å². The maximum atomic E-state index is 14.0. The van der Waals surface area contributed by atoms with Crippen molar-refractivity contribution in [3.05, 3.63) is 41.1 Å². The number of pyridine rings is 1. The first kappa shape index (κ1) is 14.2. The number of nitrogens with one attached hydrogen (secondary N) is 1. The van der Waals surface area contributed by atoms with Crippen LogP contribution < -0.4 is 10.2 Å². The summed E-state index contributed by atoms with van der Waals surface area (Å²) in [6, 6.07) is 3.50. The minimum Gasteiger partial charge on any atom is -0.365 e. The number of nitrogens with zero attached hydrogens (tertiary/aromatic N) is 4. The van der Waals surface area contributed by atoms with E-state index in [-0.39, 0.29) is 11.9 Å². The summed E-state index contributed by atoms with van der Waals surface area (Å²) in [6.45, 7) is 1.52. The van der Waals surface area contributed by atoms with Crippen LogP contribution in [-0.4, -0.2) is 34.1 Å². The first-order valence-corrected chi connectivity index (χ1v) is 7.60. The van der Waals surface area contributed by atoms with Gasteiger partial charge >= 0.3 is 0 Å². The second-order valence-electron chi connectivity index (χ2n) is 4.98. The normalized spacial score (nSPS) is 18.6. The van der Waals surface area contributed by atoms with Crippen LogP contribution in [0.3, 0.4) is 0 Å². The summed E-state index contributed by atoms with van der Waals surface area (Å²) < 4.78 is 14.7. The summed E-state index contributed by atoms with van der Waals surface area (Å²) in [4.78, 5) is 14.2. The highest BCUT2D eigenvalue weighted by Gasteiger charge is 2.23. The Bertz CT molecular complexity index is 610. The molecule has 0 saturated carbocycles. The van der Waals surface area contributed by atoms with Crippen molar-refractivity contribution >= 4 is 27.6 Å². The third kappa shape index (κ3) is 3.47. The molecule has 1 N–H and O–H groups in total. The molecule has 0 bridgehead atoms. The minimum atomic E-state index is -0.299. The Morgan fingerprint density at radius 3 is 3.05 bits per heavy atom. The van der Waals surface area contributed by atoms with E-state index >= 15 is 0 Å². The van der Waals surface area contributed by atoms with Gasteiger partial charge in [-0.1, -0.05) is 0 Å². The standard InChI is InChI=1S/C14H15BrFN5/c15-10-6-12(16)14(18-7-10)21-5-1-2-11(8-21)20-13-3-4-17-9-19-13/h3-4,6-7,9,11H,1-2,5,8H2,(H,17,19,20). The van der Waals surface area contributed by atoms with Crippen LogP contribution >= 0.6 is 15.9 Å². The van der Waals surface area contributed by atoms with Gasteiger partial charge in [0.25, 0.3) is 0 Å². The molecule has 21 heavy (non-hydrogen) atoms. The van der Waals surface area contributed by atoms with Gasteiger partial charge in [0.05, 0.1) is 0 Å². The van der Waals surface area contributed by atoms with E-state index in [1.54, 1.807) is 12.4 Å². The molecule has 1 atom stereocenters. The van der Waals surface area contributed by atoms with Gasteiger partial charge in [-0.25, -0.2) is 19.3 Å². The fourth-order valence-corrected chi connectivity index (χ4v) is 2.82. The van der Waals surface area contributed by atoms with E-state index in [2.05, 4.69) is 36.2 Å². The average molecular weight is 352 g/mol. The second-order valence-corrected chi connectivity index (χ2v) is 5.90. The molecule has 0 spiro atoms. The SMILES string of the molecule is Fc1cc(Br)cnc1N1CCCC(Nc2ccncn2)C1. The van der Waals surface area contributed by atoms with Crippen LogP contribution in [0.15, 0.2) is 35.3 Å². The molecule has 110 valence electrons. The molecule has 0 aromatic carbocycles. The number of aromatic nitrogens is 3. The van der Waals surface area contributed by atoms with Crippen molar-refractivity contribution in [2.45, 2.75) is 18.9 Å². The largest absolute Gasteiger partial charge is 0.365 e. The lowest BCUT2D eigenvalue weighted by atomic mass is 10.1. The number of hydrogen-bond acceptors (Lipinski definition) is 5. The summed E-state index contributed by atoms with van der Waals surface area (Å²) in [5.41, 5.74) is 0. The lowest BCUT2D eigenvalue weighted by Gasteiger charge is -2.34. The maximum Gasteiger partial charge on any atom is 0.166 e. The molecule has 1 aliphatic rings. The lowest BCUT2D eigenvalue weighted by molar-refractivity contribution is 0.512. The van der Waals surface area contributed by atoms with Gasteiger partial charge in [-0.05, 0) is 40.9 Å². The van der Waals surface area contributed by atoms with E-state index in [1.165, 1.54) is 12.4 Å². The summed E-state index contributed by atoms with van der Waals surface area (Å²) >= 11 is 3.23. The summed E-state index contributed by atoms with van der Waals surface area (Å²) in [5.74, 6) is 0.903. The quantitative estimate of drug-likeness (QED) is 0.921. The maximum absolute atomic E-state index is 14.0. The van der Waals surface area contributed by atoms with Crippen molar-refractivity contribution in [2.24, 2.45) is 0 Å². The van der Waals surface area contributed by atoms with Gasteiger partial charge in [0, 0.05) is 36.0 Å². The van der Waals surface area contributed by atoms with Gasteiger partial charge in [0.15, 0.2) is 11.6 Å². The first-order valence-electron chi connectivity index (χ1n) is 6.81. The number of hydrogen-bond donors (Lipinski definition) is 1.